The lowest BCUT2D eigenvalue weighted by Crippen LogP contribution is -2.51. The van der Waals surface area contributed by atoms with Gasteiger partial charge >= 0.3 is 6.09 Å². The van der Waals surface area contributed by atoms with Crippen LogP contribution in [0.15, 0.2) is 54.9 Å². The number of aromatic nitrogens is 1. The van der Waals surface area contributed by atoms with Crippen molar-refractivity contribution in [3.8, 4) is 0 Å². The quantitative estimate of drug-likeness (QED) is 0.686. The number of nitrogens with zero attached hydrogens (tertiary/aromatic N) is 2. The molecule has 2 heterocycles. The first-order valence-electron chi connectivity index (χ1n) is 9.45. The summed E-state index contributed by atoms with van der Waals surface area (Å²) in [5.41, 5.74) is 1.68. The molecule has 8 heteroatoms. The van der Waals surface area contributed by atoms with Crippen LogP contribution in [-0.4, -0.2) is 52.3 Å². The Morgan fingerprint density at radius 3 is 2.52 bits per heavy atom. The lowest BCUT2D eigenvalue weighted by molar-refractivity contribution is -0.126. The molecule has 0 bridgehead atoms. The molecule has 3 rings (SSSR count). The van der Waals surface area contributed by atoms with E-state index in [9.17, 15) is 14.7 Å². The molecule has 1 aliphatic rings. The molecule has 0 radical (unpaired) electrons. The Kier molecular flexibility index (Phi) is 8.89. The molecular formula is C21H26ClN3O4. The summed E-state index contributed by atoms with van der Waals surface area (Å²) in [7, 11) is 0. The molecular weight excluding hydrogens is 394 g/mol. The maximum absolute atomic E-state index is 13.0. The molecule has 7 nitrogen and oxygen atoms in total. The van der Waals surface area contributed by atoms with Crippen LogP contribution >= 0.6 is 12.4 Å². The fourth-order valence-corrected chi connectivity index (χ4v) is 3.32. The first-order valence-corrected chi connectivity index (χ1v) is 9.45. The zero-order valence-electron chi connectivity index (χ0n) is 16.1. The standard InChI is InChI=1S/C21H25N3O4.ClH/c25-20(23-14-18-7-4-12-28-18)19(13-16-5-2-1-3-6-16)24(21(26)27)15-17-8-10-22-11-9-17;/h1-3,5-6,8-11,18-19H,4,7,12-15H2,(H,23,25)(H,26,27);1H/t18-,19+;/m1./s1. The molecule has 2 N–H and O–H groups in total. The van der Waals surface area contributed by atoms with Gasteiger partial charge in [-0.25, -0.2) is 4.79 Å². The van der Waals surface area contributed by atoms with E-state index < -0.39 is 12.1 Å². The third-order valence-corrected chi connectivity index (χ3v) is 4.83. The van der Waals surface area contributed by atoms with E-state index in [1.54, 1.807) is 24.5 Å². The van der Waals surface area contributed by atoms with Gasteiger partial charge in [-0.3, -0.25) is 14.7 Å². The van der Waals surface area contributed by atoms with E-state index in [4.69, 9.17) is 4.74 Å². The highest BCUT2D eigenvalue weighted by Crippen LogP contribution is 2.15. The van der Waals surface area contributed by atoms with Crippen LogP contribution in [0.4, 0.5) is 4.79 Å². The maximum Gasteiger partial charge on any atom is 0.408 e. The number of ether oxygens (including phenoxy) is 1. The highest BCUT2D eigenvalue weighted by atomic mass is 35.5. The van der Waals surface area contributed by atoms with Gasteiger partial charge in [-0.15, -0.1) is 12.4 Å². The molecule has 1 aromatic heterocycles. The van der Waals surface area contributed by atoms with E-state index in [0.717, 1.165) is 24.0 Å². The summed E-state index contributed by atoms with van der Waals surface area (Å²) in [6, 6.07) is 12.1. The Labute approximate surface area is 176 Å². The molecule has 2 atom stereocenters. The second kappa shape index (κ2) is 11.4. The predicted octanol–water partition coefficient (Wildman–Crippen LogP) is 2.89. The third kappa shape index (κ3) is 6.73. The number of hydrogen-bond acceptors (Lipinski definition) is 4. The van der Waals surface area contributed by atoms with Crippen molar-refractivity contribution in [3.05, 3.63) is 66.0 Å². The van der Waals surface area contributed by atoms with Crippen LogP contribution < -0.4 is 5.32 Å². The number of carboxylic acid groups (broad SMARTS) is 1. The number of carbonyl (C=O) groups excluding carboxylic acids is 1. The molecule has 2 amide bonds. The van der Waals surface area contributed by atoms with Gasteiger partial charge in [-0.05, 0) is 36.1 Å². The van der Waals surface area contributed by atoms with Crippen molar-refractivity contribution >= 4 is 24.4 Å². The molecule has 1 aliphatic heterocycles. The number of hydrogen-bond donors (Lipinski definition) is 2. The number of pyridine rings is 1. The summed E-state index contributed by atoms with van der Waals surface area (Å²) < 4.78 is 5.55. The Balaban J connectivity index is 0.00000300. The molecule has 0 spiro atoms. The first kappa shape index (κ1) is 22.6. The summed E-state index contributed by atoms with van der Waals surface area (Å²) in [5.74, 6) is -0.309. The SMILES string of the molecule is Cl.O=C(NC[C@H]1CCCO1)[C@H](Cc1ccccc1)N(Cc1ccncc1)C(=O)O. The summed E-state index contributed by atoms with van der Waals surface area (Å²) in [5, 5.41) is 12.7. The third-order valence-electron chi connectivity index (χ3n) is 4.83. The minimum Gasteiger partial charge on any atom is -0.465 e. The van der Waals surface area contributed by atoms with Gasteiger partial charge in [0.25, 0.3) is 0 Å². The molecule has 1 aromatic carbocycles. The van der Waals surface area contributed by atoms with Crippen LogP contribution in [0.2, 0.25) is 0 Å². The molecule has 0 aliphatic carbocycles. The van der Waals surface area contributed by atoms with Crippen LogP contribution in [0.3, 0.4) is 0 Å². The topological polar surface area (TPSA) is 91.8 Å². The van der Waals surface area contributed by atoms with E-state index in [0.29, 0.717) is 19.6 Å². The summed E-state index contributed by atoms with van der Waals surface area (Å²) in [6.07, 6.45) is 4.28. The van der Waals surface area contributed by atoms with Gasteiger partial charge in [-0.1, -0.05) is 30.3 Å². The number of nitrogens with one attached hydrogen (secondary N) is 1. The summed E-state index contributed by atoms with van der Waals surface area (Å²) in [6.45, 7) is 1.22. The van der Waals surface area contributed by atoms with Gasteiger partial charge < -0.3 is 15.2 Å². The summed E-state index contributed by atoms with van der Waals surface area (Å²) >= 11 is 0. The Morgan fingerprint density at radius 1 is 1.17 bits per heavy atom. The van der Waals surface area contributed by atoms with E-state index in [1.807, 2.05) is 30.3 Å². The monoisotopic (exact) mass is 419 g/mol. The highest BCUT2D eigenvalue weighted by Gasteiger charge is 2.31. The van der Waals surface area contributed by atoms with Crippen molar-refractivity contribution in [3.63, 3.8) is 0 Å². The molecule has 1 fully saturated rings. The van der Waals surface area contributed by atoms with Crippen LogP contribution in [-0.2, 0) is 22.5 Å². The van der Waals surface area contributed by atoms with Crippen molar-refractivity contribution in [2.24, 2.45) is 0 Å². The second-order valence-electron chi connectivity index (χ2n) is 6.85. The van der Waals surface area contributed by atoms with Crippen molar-refractivity contribution in [2.75, 3.05) is 13.2 Å². The van der Waals surface area contributed by atoms with E-state index in [-0.39, 0.29) is 31.0 Å². The lowest BCUT2D eigenvalue weighted by atomic mass is 10.0. The normalized spacial score (nSPS) is 16.5. The smallest absolute Gasteiger partial charge is 0.408 e. The Hall–Kier alpha value is -2.64. The fourth-order valence-electron chi connectivity index (χ4n) is 3.32. The van der Waals surface area contributed by atoms with Crippen LogP contribution in [0.5, 0.6) is 0 Å². The average Bonchev–Trinajstić information content (AvgIpc) is 3.24. The van der Waals surface area contributed by atoms with Gasteiger partial charge in [0.1, 0.15) is 6.04 Å². The van der Waals surface area contributed by atoms with E-state index >= 15 is 0 Å². The van der Waals surface area contributed by atoms with Crippen molar-refractivity contribution in [1.29, 1.82) is 0 Å². The lowest BCUT2D eigenvalue weighted by Gasteiger charge is -2.29. The number of amides is 2. The zero-order chi connectivity index (χ0) is 19.8. The molecule has 29 heavy (non-hydrogen) atoms. The Morgan fingerprint density at radius 2 is 1.90 bits per heavy atom. The van der Waals surface area contributed by atoms with Crippen molar-refractivity contribution < 1.29 is 19.4 Å². The zero-order valence-corrected chi connectivity index (χ0v) is 16.9. The van der Waals surface area contributed by atoms with E-state index in [1.165, 1.54) is 4.90 Å². The molecule has 0 unspecified atom stereocenters. The number of carbonyl (C=O) groups is 2. The first-order chi connectivity index (χ1) is 13.6. The Bertz CT molecular complexity index is 770. The van der Waals surface area contributed by atoms with Crippen molar-refractivity contribution in [1.82, 2.24) is 15.2 Å². The van der Waals surface area contributed by atoms with E-state index in [2.05, 4.69) is 10.3 Å². The predicted molar refractivity (Wildman–Crippen MR) is 111 cm³/mol. The summed E-state index contributed by atoms with van der Waals surface area (Å²) in [4.78, 5) is 30.1. The highest BCUT2D eigenvalue weighted by molar-refractivity contribution is 5.86. The second-order valence-corrected chi connectivity index (χ2v) is 6.85. The molecule has 0 saturated carbocycles. The van der Waals surface area contributed by atoms with Crippen molar-refractivity contribution in [2.45, 2.75) is 38.0 Å². The van der Waals surface area contributed by atoms with Gasteiger partial charge in [0, 0.05) is 38.5 Å². The van der Waals surface area contributed by atoms with Crippen LogP contribution in [0.1, 0.15) is 24.0 Å². The molecule has 2 aromatic rings. The average molecular weight is 420 g/mol. The number of halogens is 1. The van der Waals surface area contributed by atoms with Gasteiger partial charge in [-0.2, -0.15) is 0 Å². The van der Waals surface area contributed by atoms with Gasteiger partial charge in [0.2, 0.25) is 5.91 Å². The van der Waals surface area contributed by atoms with Gasteiger partial charge in [0.15, 0.2) is 0 Å². The van der Waals surface area contributed by atoms with Crippen LogP contribution in [0, 0.1) is 0 Å². The van der Waals surface area contributed by atoms with Gasteiger partial charge in [0.05, 0.1) is 6.10 Å². The molecule has 1 saturated heterocycles. The maximum atomic E-state index is 13.0. The number of rotatable bonds is 8. The largest absolute Gasteiger partial charge is 0.465 e. The fraction of sp³-hybridized carbons (Fsp3) is 0.381. The minimum absolute atomic E-state index is 0. The number of benzene rings is 1. The minimum atomic E-state index is -1.13. The molecule has 156 valence electrons. The van der Waals surface area contributed by atoms with Crippen LogP contribution in [0.25, 0.3) is 0 Å².